The van der Waals surface area contributed by atoms with Crippen LogP contribution in [0.15, 0.2) is 79.4 Å². The molecule has 0 spiro atoms. The molecule has 0 fully saturated rings. The van der Waals surface area contributed by atoms with E-state index in [0.717, 1.165) is 12.1 Å². The number of alkyl halides is 3. The largest absolute Gasteiger partial charge is 0.465 e. The second kappa shape index (κ2) is 9.88. The summed E-state index contributed by atoms with van der Waals surface area (Å²) >= 11 is 0. The van der Waals surface area contributed by atoms with Gasteiger partial charge in [-0.3, -0.25) is 9.47 Å². The van der Waals surface area contributed by atoms with Crippen molar-refractivity contribution < 1.29 is 32.6 Å². The van der Waals surface area contributed by atoms with Gasteiger partial charge in [-0.2, -0.15) is 13.2 Å². The molecular formula is C26H20F3N5O4. The van der Waals surface area contributed by atoms with E-state index in [2.05, 4.69) is 15.3 Å². The number of nitrogens with zero attached hydrogens (tertiary/aromatic N) is 4. The molecule has 12 heteroatoms. The molecule has 5 rings (SSSR count). The molecule has 9 nitrogen and oxygen atoms in total. The van der Waals surface area contributed by atoms with E-state index in [1.807, 2.05) is 0 Å². The smallest absolute Gasteiger partial charge is 0.416 e. The average molecular weight is 523 g/mol. The number of fused-ring (bicyclic) bond motifs is 1. The number of carboxylic acid groups (broad SMARTS) is 1. The van der Waals surface area contributed by atoms with Crippen LogP contribution in [-0.2, 0) is 6.18 Å². The van der Waals surface area contributed by atoms with Crippen LogP contribution < -0.4 is 10.1 Å². The lowest BCUT2D eigenvalue weighted by Gasteiger charge is -2.23. The number of allylic oxidation sites excluding steroid dienone is 1. The van der Waals surface area contributed by atoms with Crippen molar-refractivity contribution in [2.24, 2.45) is 0 Å². The number of nitrogens with one attached hydrogen (secondary N) is 1. The third-order valence-electron chi connectivity index (χ3n) is 6.01. The number of hydrogen-bond donors (Lipinski definition) is 2. The number of hydrogen-bond acceptors (Lipinski definition) is 5. The molecule has 1 aliphatic heterocycles. The standard InChI is InChI=1S/C26H20F3N5O4/c27-26(28,29)18-2-1-3-19(13-18)32-24(35)34-11-8-17-12-20(4-5-22(17)34)38-23-14-21(30-15-31-23)16-6-9-33(10-7-16)25(36)37/h1-6,8-9,11-16H,7,10H2,(H,32,35)(H,36,37). The predicted molar refractivity (Wildman–Crippen MR) is 131 cm³/mol. The van der Waals surface area contributed by atoms with Crippen molar-refractivity contribution in [3.63, 3.8) is 0 Å². The van der Waals surface area contributed by atoms with E-state index in [0.29, 0.717) is 41.2 Å². The molecule has 0 bridgehead atoms. The topological polar surface area (TPSA) is 110 Å². The van der Waals surface area contributed by atoms with Gasteiger partial charge >= 0.3 is 18.3 Å². The van der Waals surface area contributed by atoms with E-state index in [9.17, 15) is 22.8 Å². The zero-order chi connectivity index (χ0) is 26.9. The van der Waals surface area contributed by atoms with E-state index >= 15 is 0 Å². The minimum Gasteiger partial charge on any atom is -0.465 e. The van der Waals surface area contributed by atoms with Crippen molar-refractivity contribution >= 4 is 28.7 Å². The van der Waals surface area contributed by atoms with E-state index < -0.39 is 23.9 Å². The second-order valence-corrected chi connectivity index (χ2v) is 8.51. The van der Waals surface area contributed by atoms with Gasteiger partial charge in [0.1, 0.15) is 12.1 Å². The Kier molecular flexibility index (Phi) is 6.45. The molecule has 2 amide bonds. The maximum Gasteiger partial charge on any atom is 0.416 e. The Morgan fingerprint density at radius 1 is 1.08 bits per heavy atom. The SMILES string of the molecule is O=C(O)N1C=CC(c2cc(Oc3ccc4c(ccn4C(=O)Nc4cccc(C(F)(F)F)c4)c3)ncn2)CC1. The molecule has 0 saturated heterocycles. The van der Waals surface area contributed by atoms with Gasteiger partial charge in [0.25, 0.3) is 0 Å². The number of aromatic nitrogens is 3. The van der Waals surface area contributed by atoms with E-state index in [1.54, 1.807) is 36.4 Å². The molecule has 1 unspecified atom stereocenters. The first-order valence-electron chi connectivity index (χ1n) is 11.4. The third kappa shape index (κ3) is 5.28. The van der Waals surface area contributed by atoms with Crippen molar-refractivity contribution in [1.82, 2.24) is 19.4 Å². The van der Waals surface area contributed by atoms with Crippen LogP contribution in [0.4, 0.5) is 28.4 Å². The fraction of sp³-hybridized carbons (Fsp3) is 0.154. The molecule has 0 radical (unpaired) electrons. The summed E-state index contributed by atoms with van der Waals surface area (Å²) in [7, 11) is 0. The van der Waals surface area contributed by atoms with Crippen LogP contribution >= 0.6 is 0 Å². The molecule has 2 N–H and O–H groups in total. The number of ether oxygens (including phenoxy) is 1. The Hall–Kier alpha value is -4.87. The van der Waals surface area contributed by atoms with Gasteiger partial charge in [-0.1, -0.05) is 12.1 Å². The number of anilines is 1. The summed E-state index contributed by atoms with van der Waals surface area (Å²) in [5.41, 5.74) is 0.383. The van der Waals surface area contributed by atoms with Crippen LogP contribution in [-0.4, -0.2) is 43.2 Å². The van der Waals surface area contributed by atoms with E-state index in [1.165, 1.54) is 40.3 Å². The summed E-state index contributed by atoms with van der Waals surface area (Å²) in [5.74, 6) is 0.669. The Labute approximate surface area is 213 Å². The summed E-state index contributed by atoms with van der Waals surface area (Å²) < 4.78 is 46.1. The minimum absolute atomic E-state index is 0.0228. The van der Waals surface area contributed by atoms with Crippen molar-refractivity contribution in [3.05, 3.63) is 90.7 Å². The summed E-state index contributed by atoms with van der Waals surface area (Å²) in [5, 5.41) is 12.2. The van der Waals surface area contributed by atoms with Gasteiger partial charge in [0.05, 0.1) is 16.8 Å². The molecule has 0 saturated carbocycles. The van der Waals surface area contributed by atoms with Crippen molar-refractivity contribution in [2.45, 2.75) is 18.5 Å². The lowest BCUT2D eigenvalue weighted by Crippen LogP contribution is -2.28. The molecule has 4 aromatic rings. The zero-order valence-electron chi connectivity index (χ0n) is 19.6. The van der Waals surface area contributed by atoms with E-state index in [-0.39, 0.29) is 11.6 Å². The first-order chi connectivity index (χ1) is 18.2. The predicted octanol–water partition coefficient (Wildman–Crippen LogP) is 6.30. The molecule has 1 aliphatic rings. The maximum absolute atomic E-state index is 13.0. The van der Waals surface area contributed by atoms with Crippen LogP contribution in [0.1, 0.15) is 23.6 Å². The van der Waals surface area contributed by atoms with Crippen molar-refractivity contribution in [2.75, 3.05) is 11.9 Å². The Morgan fingerprint density at radius 2 is 1.92 bits per heavy atom. The minimum atomic E-state index is -4.52. The van der Waals surface area contributed by atoms with Crippen molar-refractivity contribution in [3.8, 4) is 11.6 Å². The number of carbonyl (C=O) groups excluding carboxylic acids is 1. The highest BCUT2D eigenvalue weighted by molar-refractivity contribution is 5.98. The van der Waals surface area contributed by atoms with Crippen LogP contribution in [0.2, 0.25) is 0 Å². The first kappa shape index (κ1) is 24.8. The normalized spacial score (nSPS) is 15.4. The Morgan fingerprint density at radius 3 is 2.66 bits per heavy atom. The van der Waals surface area contributed by atoms with Gasteiger partial charge in [0.15, 0.2) is 0 Å². The zero-order valence-corrected chi connectivity index (χ0v) is 19.6. The number of benzene rings is 2. The van der Waals surface area contributed by atoms with Gasteiger partial charge in [-0.25, -0.2) is 19.6 Å². The third-order valence-corrected chi connectivity index (χ3v) is 6.01. The van der Waals surface area contributed by atoms with Crippen LogP contribution in [0.5, 0.6) is 11.6 Å². The summed E-state index contributed by atoms with van der Waals surface area (Å²) in [6, 6.07) is 12.2. The highest BCUT2D eigenvalue weighted by Crippen LogP contribution is 2.31. The lowest BCUT2D eigenvalue weighted by atomic mass is 9.98. The summed E-state index contributed by atoms with van der Waals surface area (Å²) in [4.78, 5) is 33.5. The highest BCUT2D eigenvalue weighted by atomic mass is 19.4. The quantitative estimate of drug-likeness (QED) is 0.325. The molecule has 2 aromatic carbocycles. The average Bonchev–Trinajstić information content (AvgIpc) is 3.32. The van der Waals surface area contributed by atoms with Crippen LogP contribution in [0.3, 0.4) is 0 Å². The molecule has 194 valence electrons. The highest BCUT2D eigenvalue weighted by Gasteiger charge is 2.30. The van der Waals surface area contributed by atoms with Gasteiger partial charge in [0, 0.05) is 42.0 Å². The molecule has 38 heavy (non-hydrogen) atoms. The number of halogens is 3. The lowest BCUT2D eigenvalue weighted by molar-refractivity contribution is -0.137. The van der Waals surface area contributed by atoms with Gasteiger partial charge < -0.3 is 15.2 Å². The molecule has 1 atom stereocenters. The Bertz CT molecular complexity index is 1550. The number of amides is 2. The van der Waals surface area contributed by atoms with Gasteiger partial charge in [0.2, 0.25) is 5.88 Å². The molecule has 2 aromatic heterocycles. The fourth-order valence-corrected chi connectivity index (χ4v) is 4.11. The number of rotatable bonds is 4. The first-order valence-corrected chi connectivity index (χ1v) is 11.4. The fourth-order valence-electron chi connectivity index (χ4n) is 4.11. The van der Waals surface area contributed by atoms with Crippen LogP contribution in [0.25, 0.3) is 10.9 Å². The summed E-state index contributed by atoms with van der Waals surface area (Å²) in [6.45, 7) is 0.353. The second-order valence-electron chi connectivity index (χ2n) is 8.51. The monoisotopic (exact) mass is 523 g/mol. The molecule has 0 aliphatic carbocycles. The van der Waals surface area contributed by atoms with Crippen molar-refractivity contribution in [1.29, 1.82) is 0 Å². The van der Waals surface area contributed by atoms with Gasteiger partial charge in [-0.15, -0.1) is 0 Å². The molecule has 3 heterocycles. The molecular weight excluding hydrogens is 503 g/mol. The summed E-state index contributed by atoms with van der Waals surface area (Å²) in [6.07, 6.45) is 1.20. The maximum atomic E-state index is 13.0. The Balaban J connectivity index is 1.30. The van der Waals surface area contributed by atoms with E-state index in [4.69, 9.17) is 9.84 Å². The van der Waals surface area contributed by atoms with Gasteiger partial charge in [-0.05, 0) is 48.9 Å². The van der Waals surface area contributed by atoms with Crippen LogP contribution in [0, 0.1) is 0 Å². The number of carbonyl (C=O) groups is 2.